The zero-order valence-electron chi connectivity index (χ0n) is 11.5. The molecule has 102 valence electrons. The van der Waals surface area contributed by atoms with E-state index >= 15 is 0 Å². The maximum Gasteiger partial charge on any atom is 0.218 e. The molecule has 19 heavy (non-hydrogen) atoms. The van der Waals surface area contributed by atoms with Crippen molar-refractivity contribution in [3.05, 3.63) is 30.2 Å². The van der Waals surface area contributed by atoms with Gasteiger partial charge in [0.05, 0.1) is 12.3 Å². The average Bonchev–Trinajstić information content (AvgIpc) is 2.75. The van der Waals surface area contributed by atoms with Gasteiger partial charge in [0, 0.05) is 6.07 Å². The van der Waals surface area contributed by atoms with Crippen LogP contribution in [0.2, 0.25) is 0 Å². The number of hydrogen-bond donors (Lipinski definition) is 1. The van der Waals surface area contributed by atoms with Crippen LogP contribution >= 0.6 is 0 Å². The van der Waals surface area contributed by atoms with E-state index in [1.165, 1.54) is 6.33 Å². The molecule has 1 atom stereocenters. The molecule has 2 rings (SSSR count). The molecule has 0 fully saturated rings. The number of nitrogens with zero attached hydrogens (tertiary/aromatic N) is 3. The Morgan fingerprint density at radius 1 is 1.21 bits per heavy atom. The van der Waals surface area contributed by atoms with Gasteiger partial charge in [-0.1, -0.05) is 0 Å². The van der Waals surface area contributed by atoms with E-state index in [4.69, 9.17) is 9.15 Å². The molecule has 1 unspecified atom stereocenters. The summed E-state index contributed by atoms with van der Waals surface area (Å²) in [5.41, 5.74) is 0. The van der Waals surface area contributed by atoms with E-state index in [9.17, 15) is 0 Å². The predicted octanol–water partition coefficient (Wildman–Crippen LogP) is 2.73. The highest BCUT2D eigenvalue weighted by molar-refractivity contribution is 5.38. The molecule has 0 saturated carbocycles. The van der Waals surface area contributed by atoms with Gasteiger partial charge in [-0.05, 0) is 27.7 Å². The Balaban J connectivity index is 2.06. The topological polar surface area (TPSA) is 73.1 Å². The van der Waals surface area contributed by atoms with Crippen LogP contribution in [0.3, 0.4) is 0 Å². The van der Waals surface area contributed by atoms with E-state index in [1.54, 1.807) is 12.3 Å². The average molecular weight is 262 g/mol. The lowest BCUT2D eigenvalue weighted by molar-refractivity contribution is 0.232. The van der Waals surface area contributed by atoms with E-state index < -0.39 is 0 Å². The SMILES string of the molecule is Cc1cnc(C(C)Nc2cc(OC(C)C)ncn2)o1. The zero-order chi connectivity index (χ0) is 13.8. The third-order valence-electron chi connectivity index (χ3n) is 2.37. The van der Waals surface area contributed by atoms with Crippen molar-refractivity contribution < 1.29 is 9.15 Å². The largest absolute Gasteiger partial charge is 0.475 e. The van der Waals surface area contributed by atoms with Crippen LogP contribution in [0.25, 0.3) is 0 Å². The molecule has 0 amide bonds. The van der Waals surface area contributed by atoms with Crippen LogP contribution in [-0.2, 0) is 0 Å². The highest BCUT2D eigenvalue weighted by Crippen LogP contribution is 2.19. The smallest absolute Gasteiger partial charge is 0.218 e. The first-order valence-corrected chi connectivity index (χ1v) is 6.22. The van der Waals surface area contributed by atoms with Crippen LogP contribution in [-0.4, -0.2) is 21.1 Å². The first-order chi connectivity index (χ1) is 9.04. The summed E-state index contributed by atoms with van der Waals surface area (Å²) in [6.45, 7) is 7.72. The van der Waals surface area contributed by atoms with Crippen molar-refractivity contribution in [1.29, 1.82) is 0 Å². The maximum absolute atomic E-state index is 5.52. The van der Waals surface area contributed by atoms with E-state index in [0.29, 0.717) is 17.6 Å². The maximum atomic E-state index is 5.52. The van der Waals surface area contributed by atoms with Crippen molar-refractivity contribution in [3.8, 4) is 5.88 Å². The van der Waals surface area contributed by atoms with Gasteiger partial charge in [0.2, 0.25) is 11.8 Å². The fourth-order valence-corrected chi connectivity index (χ4v) is 1.58. The third kappa shape index (κ3) is 3.67. The summed E-state index contributed by atoms with van der Waals surface area (Å²) in [7, 11) is 0. The summed E-state index contributed by atoms with van der Waals surface area (Å²) < 4.78 is 11.0. The van der Waals surface area contributed by atoms with Gasteiger partial charge >= 0.3 is 0 Å². The Kier molecular flexibility index (Phi) is 3.99. The normalized spacial score (nSPS) is 12.5. The first kappa shape index (κ1) is 13.3. The lowest BCUT2D eigenvalue weighted by atomic mass is 10.3. The number of ether oxygens (including phenoxy) is 1. The number of oxazole rings is 1. The minimum atomic E-state index is -0.0736. The molecule has 0 aliphatic rings. The summed E-state index contributed by atoms with van der Waals surface area (Å²) in [6.07, 6.45) is 3.24. The van der Waals surface area contributed by atoms with Crippen LogP contribution < -0.4 is 10.1 Å². The number of anilines is 1. The summed E-state index contributed by atoms with van der Waals surface area (Å²) in [5.74, 6) is 2.63. The van der Waals surface area contributed by atoms with Crippen LogP contribution in [0.4, 0.5) is 5.82 Å². The van der Waals surface area contributed by atoms with Crippen molar-refractivity contribution in [2.24, 2.45) is 0 Å². The first-order valence-electron chi connectivity index (χ1n) is 6.22. The molecule has 1 N–H and O–H groups in total. The second-order valence-electron chi connectivity index (χ2n) is 4.58. The van der Waals surface area contributed by atoms with Gasteiger partial charge in [-0.25, -0.2) is 15.0 Å². The molecule has 0 aliphatic heterocycles. The van der Waals surface area contributed by atoms with Crippen molar-refractivity contribution >= 4 is 5.82 Å². The molecule has 6 heteroatoms. The van der Waals surface area contributed by atoms with Crippen LogP contribution in [0, 0.1) is 6.92 Å². The van der Waals surface area contributed by atoms with Crippen LogP contribution in [0.5, 0.6) is 5.88 Å². The second-order valence-corrected chi connectivity index (χ2v) is 4.58. The summed E-state index contributed by atoms with van der Waals surface area (Å²) in [6, 6.07) is 1.68. The molecule has 6 nitrogen and oxygen atoms in total. The number of nitrogens with one attached hydrogen (secondary N) is 1. The molecule has 0 bridgehead atoms. The Morgan fingerprint density at radius 3 is 2.63 bits per heavy atom. The lowest BCUT2D eigenvalue weighted by Gasteiger charge is -2.13. The predicted molar refractivity (Wildman–Crippen MR) is 71.1 cm³/mol. The van der Waals surface area contributed by atoms with Crippen molar-refractivity contribution in [2.75, 3.05) is 5.32 Å². The monoisotopic (exact) mass is 262 g/mol. The minimum absolute atomic E-state index is 0.0736. The standard InChI is InChI=1S/C13H18N4O2/c1-8(2)18-12-5-11(15-7-16-12)17-10(4)13-14-6-9(3)19-13/h5-8,10H,1-4H3,(H,15,16,17). The van der Waals surface area contributed by atoms with Gasteiger partial charge in [0.15, 0.2) is 0 Å². The van der Waals surface area contributed by atoms with E-state index in [0.717, 1.165) is 5.76 Å². The molecule has 2 aromatic rings. The van der Waals surface area contributed by atoms with Crippen molar-refractivity contribution in [2.45, 2.75) is 39.8 Å². The molecular formula is C13H18N4O2. The quantitative estimate of drug-likeness (QED) is 0.893. The summed E-state index contributed by atoms with van der Waals surface area (Å²) >= 11 is 0. The van der Waals surface area contributed by atoms with E-state index in [-0.39, 0.29) is 12.1 Å². The Bertz CT molecular complexity index is 539. The summed E-state index contributed by atoms with van der Waals surface area (Å²) in [4.78, 5) is 12.4. The number of hydrogen-bond acceptors (Lipinski definition) is 6. The third-order valence-corrected chi connectivity index (χ3v) is 2.37. The van der Waals surface area contributed by atoms with Crippen molar-refractivity contribution in [1.82, 2.24) is 15.0 Å². The highest BCUT2D eigenvalue weighted by atomic mass is 16.5. The van der Waals surface area contributed by atoms with Gasteiger partial charge in [-0.2, -0.15) is 0 Å². The molecule has 0 radical (unpaired) electrons. The van der Waals surface area contributed by atoms with Crippen molar-refractivity contribution in [3.63, 3.8) is 0 Å². The summed E-state index contributed by atoms with van der Waals surface area (Å²) in [5, 5.41) is 3.20. The van der Waals surface area contributed by atoms with Crippen LogP contribution in [0.15, 0.2) is 23.0 Å². The van der Waals surface area contributed by atoms with Gasteiger partial charge in [0.1, 0.15) is 23.9 Å². The second kappa shape index (κ2) is 5.69. The molecule has 0 aliphatic carbocycles. The highest BCUT2D eigenvalue weighted by Gasteiger charge is 2.12. The number of aryl methyl sites for hydroxylation is 1. The van der Waals surface area contributed by atoms with Gasteiger partial charge in [-0.15, -0.1) is 0 Å². The zero-order valence-corrected chi connectivity index (χ0v) is 11.5. The number of rotatable bonds is 5. The Morgan fingerprint density at radius 2 is 2.00 bits per heavy atom. The molecule has 0 saturated heterocycles. The molecule has 2 heterocycles. The Hall–Kier alpha value is -2.11. The van der Waals surface area contributed by atoms with E-state index in [1.807, 2.05) is 27.7 Å². The number of aromatic nitrogens is 3. The fraction of sp³-hybridized carbons (Fsp3) is 0.462. The van der Waals surface area contributed by atoms with Gasteiger partial charge in [-0.3, -0.25) is 0 Å². The fourth-order valence-electron chi connectivity index (χ4n) is 1.58. The lowest BCUT2D eigenvalue weighted by Crippen LogP contribution is -2.10. The van der Waals surface area contributed by atoms with Crippen LogP contribution in [0.1, 0.15) is 38.5 Å². The minimum Gasteiger partial charge on any atom is -0.475 e. The van der Waals surface area contributed by atoms with Gasteiger partial charge < -0.3 is 14.5 Å². The molecule has 0 spiro atoms. The molecule has 2 aromatic heterocycles. The molecule has 0 aromatic carbocycles. The Labute approximate surface area is 112 Å². The van der Waals surface area contributed by atoms with E-state index in [2.05, 4.69) is 20.3 Å². The molecular weight excluding hydrogens is 244 g/mol. The van der Waals surface area contributed by atoms with Gasteiger partial charge in [0.25, 0.3) is 0 Å².